The summed E-state index contributed by atoms with van der Waals surface area (Å²) >= 11 is 0. The minimum Gasteiger partial charge on any atom is -0.352 e. The summed E-state index contributed by atoms with van der Waals surface area (Å²) in [7, 11) is 4.78. The van der Waals surface area contributed by atoms with Crippen LogP contribution in [0.25, 0.3) is 0 Å². The molecule has 0 spiro atoms. The zero-order valence-corrected chi connectivity index (χ0v) is 9.67. The lowest BCUT2D eigenvalue weighted by molar-refractivity contribution is -0.0665. The highest BCUT2D eigenvalue weighted by atomic mass is 29.1. The Morgan fingerprint density at radius 3 is 2.33 bits per heavy atom. The third-order valence-corrected chi connectivity index (χ3v) is 3.15. The van der Waals surface area contributed by atoms with Crippen molar-refractivity contribution in [3.63, 3.8) is 0 Å². The Labute approximate surface area is 61.3 Å². The summed E-state index contributed by atoms with van der Waals surface area (Å²) in [6.45, 7) is 0. The maximum atomic E-state index is 4.93. The van der Waals surface area contributed by atoms with Gasteiger partial charge in [0.25, 0.3) is 0 Å². The second-order valence-corrected chi connectivity index (χ2v) is 5.41. The Morgan fingerprint density at radius 1 is 1.44 bits per heavy atom. The average molecular weight is 162 g/mol. The summed E-state index contributed by atoms with van der Waals surface area (Å²) in [5, 5.41) is 0. The highest BCUT2D eigenvalue weighted by Gasteiger charge is 1.94. The smallest absolute Gasteiger partial charge is 0.175 e. The third-order valence-electron chi connectivity index (χ3n) is 0.994. The molecule has 0 aliphatic rings. The van der Waals surface area contributed by atoms with Gasteiger partial charge < -0.3 is 9.47 Å². The fraction of sp³-hybridized carbons (Fsp3) is 0.600. The molecule has 0 saturated heterocycles. The van der Waals surface area contributed by atoms with E-state index in [0.717, 1.165) is 0 Å². The Balaban J connectivity index is 3.41. The molecule has 0 radical (unpaired) electrons. The van der Waals surface area contributed by atoms with E-state index < -0.39 is 0 Å². The maximum Gasteiger partial charge on any atom is 0.175 e. The van der Waals surface area contributed by atoms with Crippen molar-refractivity contribution in [1.82, 2.24) is 0 Å². The molecule has 0 aromatic heterocycles. The van der Waals surface area contributed by atoms with Crippen LogP contribution in [0.5, 0.6) is 0 Å². The maximum absolute atomic E-state index is 4.93. The van der Waals surface area contributed by atoms with Crippen LogP contribution in [-0.2, 0) is 9.47 Å². The van der Waals surface area contributed by atoms with E-state index in [1.807, 2.05) is 6.08 Å². The molecule has 54 valence electrons. The van der Waals surface area contributed by atoms with Crippen LogP contribution in [0.2, 0.25) is 0 Å². The number of hydrogen-bond donors (Lipinski definition) is 0. The molecule has 0 fully saturated rings. The molecule has 0 heterocycles. The lowest BCUT2D eigenvalue weighted by atomic mass is 10.6. The minimum absolute atomic E-state index is 0.119. The van der Waals surface area contributed by atoms with Crippen molar-refractivity contribution in [2.24, 2.45) is 0 Å². The van der Waals surface area contributed by atoms with E-state index in [0.29, 0.717) is 0 Å². The number of ether oxygens (including phenoxy) is 2. The van der Waals surface area contributed by atoms with E-state index in [-0.39, 0.29) is 15.3 Å². The predicted molar refractivity (Wildman–Crippen MR) is 45.4 cm³/mol. The van der Waals surface area contributed by atoms with Gasteiger partial charge in [-0.05, 0) is 15.8 Å². The van der Waals surface area contributed by atoms with Crippen LogP contribution in [-0.4, -0.2) is 39.3 Å². The summed E-state index contributed by atoms with van der Waals surface area (Å²) in [4.78, 5) is 0. The van der Waals surface area contributed by atoms with Gasteiger partial charge in [-0.1, -0.05) is 0 Å². The molecule has 0 unspecified atom stereocenters. The van der Waals surface area contributed by atoms with E-state index in [1.165, 1.54) is 9.76 Å². The monoisotopic (exact) mass is 162 g/mol. The number of hydrogen-bond acceptors (Lipinski definition) is 2. The van der Waals surface area contributed by atoms with Crippen LogP contribution < -0.4 is 0 Å². The molecule has 2 nitrogen and oxygen atoms in total. The molecule has 0 bridgehead atoms. The topological polar surface area (TPSA) is 18.5 Å². The predicted octanol–water partition coefficient (Wildman–Crippen LogP) is -1.43. The highest BCUT2D eigenvalue weighted by molar-refractivity contribution is 6.92. The van der Waals surface area contributed by atoms with Crippen LogP contribution in [0.1, 0.15) is 0 Å². The van der Waals surface area contributed by atoms with Crippen LogP contribution in [0.3, 0.4) is 0 Å². The van der Waals surface area contributed by atoms with Crippen LogP contribution in [0, 0.1) is 0 Å². The Morgan fingerprint density at radius 2 is 2.00 bits per heavy atom. The highest BCUT2D eigenvalue weighted by Crippen LogP contribution is 1.90. The standard InChI is InChI=1S/C5H14O2Si2/c1-6-5(7-2)3-4-9-8/h3-5H,9H2,1-2,8H3. The summed E-state index contributed by atoms with van der Waals surface area (Å²) < 4.78 is 9.86. The molecule has 0 rings (SSSR count). The van der Waals surface area contributed by atoms with Gasteiger partial charge in [0.05, 0.1) is 0 Å². The Bertz CT molecular complexity index is 81.0. The van der Waals surface area contributed by atoms with Gasteiger partial charge in [0.2, 0.25) is 0 Å². The molecule has 0 aromatic carbocycles. The summed E-state index contributed by atoms with van der Waals surface area (Å²) in [6, 6.07) is 0. The van der Waals surface area contributed by atoms with Crippen molar-refractivity contribution in [2.75, 3.05) is 14.2 Å². The first-order valence-corrected chi connectivity index (χ1v) is 9.54. The van der Waals surface area contributed by atoms with Gasteiger partial charge in [0, 0.05) is 23.3 Å². The van der Waals surface area contributed by atoms with Gasteiger partial charge in [0.1, 0.15) is 0 Å². The quantitative estimate of drug-likeness (QED) is 0.373. The molecule has 0 N–H and O–H groups in total. The molecule has 0 saturated carbocycles. The Hall–Kier alpha value is 0.0938. The lowest BCUT2D eigenvalue weighted by Gasteiger charge is -2.06. The molecule has 0 amide bonds. The SMILES string of the molecule is COC(C=C[SiH2][SiH3])OC. The van der Waals surface area contributed by atoms with Crippen molar-refractivity contribution in [1.29, 1.82) is 0 Å². The molecule has 4 heteroatoms. The Kier molecular flexibility index (Phi) is 6.28. The first-order chi connectivity index (χ1) is 4.35. The van der Waals surface area contributed by atoms with E-state index in [9.17, 15) is 0 Å². The van der Waals surface area contributed by atoms with Gasteiger partial charge >= 0.3 is 0 Å². The van der Waals surface area contributed by atoms with Crippen molar-refractivity contribution < 1.29 is 9.47 Å². The van der Waals surface area contributed by atoms with E-state index in [1.54, 1.807) is 14.2 Å². The van der Waals surface area contributed by atoms with Gasteiger partial charge in [-0.25, -0.2) is 0 Å². The molecular weight excluding hydrogens is 148 g/mol. The summed E-state index contributed by atoms with van der Waals surface area (Å²) in [5.41, 5.74) is 2.21. The molecule has 0 aliphatic heterocycles. The van der Waals surface area contributed by atoms with Gasteiger partial charge in [-0.2, -0.15) is 0 Å². The zero-order chi connectivity index (χ0) is 7.11. The van der Waals surface area contributed by atoms with Crippen LogP contribution >= 0.6 is 0 Å². The lowest BCUT2D eigenvalue weighted by Crippen LogP contribution is -2.08. The normalized spacial score (nSPS) is 13.2. The summed E-state index contributed by atoms with van der Waals surface area (Å²) in [5.74, 6) is 0. The first-order valence-electron chi connectivity index (χ1n) is 3.07. The number of rotatable bonds is 4. The fourth-order valence-electron chi connectivity index (χ4n) is 0.501. The van der Waals surface area contributed by atoms with Crippen molar-refractivity contribution in [2.45, 2.75) is 6.29 Å². The van der Waals surface area contributed by atoms with E-state index in [4.69, 9.17) is 9.47 Å². The van der Waals surface area contributed by atoms with Crippen molar-refractivity contribution in [3.8, 4) is 0 Å². The zero-order valence-electron chi connectivity index (χ0n) is 6.26. The van der Waals surface area contributed by atoms with Crippen LogP contribution in [0.4, 0.5) is 0 Å². The second kappa shape index (κ2) is 6.22. The summed E-state index contributed by atoms with van der Waals surface area (Å²) in [6.07, 6.45) is 1.87. The molecule has 9 heavy (non-hydrogen) atoms. The number of methoxy groups -OCH3 is 2. The van der Waals surface area contributed by atoms with Gasteiger partial charge in [-0.15, -0.1) is 5.70 Å². The first kappa shape index (κ1) is 9.09. The molecular formula is C5H14O2Si2. The van der Waals surface area contributed by atoms with Gasteiger partial charge in [-0.3, -0.25) is 0 Å². The largest absolute Gasteiger partial charge is 0.352 e. The average Bonchev–Trinajstić information content (AvgIpc) is 1.91. The van der Waals surface area contributed by atoms with E-state index >= 15 is 0 Å². The van der Waals surface area contributed by atoms with Gasteiger partial charge in [0.15, 0.2) is 6.29 Å². The third kappa shape index (κ3) is 4.59. The molecule has 0 aromatic rings. The molecule has 0 aliphatic carbocycles. The fourth-order valence-corrected chi connectivity index (χ4v) is 1.81. The van der Waals surface area contributed by atoms with Crippen molar-refractivity contribution in [3.05, 3.63) is 11.8 Å². The van der Waals surface area contributed by atoms with Crippen LogP contribution in [0.15, 0.2) is 11.8 Å². The second-order valence-electron chi connectivity index (χ2n) is 1.68. The minimum atomic E-state index is -0.119. The van der Waals surface area contributed by atoms with E-state index in [2.05, 4.69) is 5.70 Å². The molecule has 0 atom stereocenters. The van der Waals surface area contributed by atoms with Crippen molar-refractivity contribution >= 4 is 18.8 Å².